The molecule has 0 atom stereocenters. The summed E-state index contributed by atoms with van der Waals surface area (Å²) in [7, 11) is 0. The van der Waals surface area contributed by atoms with Crippen molar-refractivity contribution >= 4 is 11.8 Å². The van der Waals surface area contributed by atoms with Crippen LogP contribution in [-0.4, -0.2) is 42.5 Å². The number of nitrogens with zero attached hydrogens (tertiary/aromatic N) is 2. The maximum absolute atomic E-state index is 12.1. The number of carbonyl (C=O) groups is 2. The summed E-state index contributed by atoms with van der Waals surface area (Å²) in [5, 5.41) is 11.3. The van der Waals surface area contributed by atoms with Gasteiger partial charge in [0, 0.05) is 19.1 Å². The van der Waals surface area contributed by atoms with Gasteiger partial charge in [-0.25, -0.2) is 0 Å². The smallest absolute Gasteiger partial charge is 0.234 e. The first-order chi connectivity index (χ1) is 11.2. The van der Waals surface area contributed by atoms with E-state index < -0.39 is 0 Å². The van der Waals surface area contributed by atoms with Crippen LogP contribution in [-0.2, 0) is 9.59 Å². The molecule has 0 radical (unpaired) electrons. The highest BCUT2D eigenvalue weighted by Crippen LogP contribution is 2.13. The number of benzene rings is 1. The van der Waals surface area contributed by atoms with E-state index in [2.05, 4.69) is 5.32 Å². The van der Waals surface area contributed by atoms with Crippen LogP contribution in [0.1, 0.15) is 25.7 Å². The first-order valence-electron chi connectivity index (χ1n) is 7.81. The topological polar surface area (TPSA) is 82.4 Å². The Hall–Kier alpha value is -2.55. The molecule has 2 rings (SSSR count). The molecular formula is C17H21N3O3. The number of nitriles is 1. The quantitative estimate of drug-likeness (QED) is 0.862. The normalized spacial score (nSPS) is 14.8. The maximum atomic E-state index is 12.1. The van der Waals surface area contributed by atoms with Crippen LogP contribution in [0.15, 0.2) is 30.3 Å². The summed E-state index contributed by atoms with van der Waals surface area (Å²) in [6.07, 6.45) is 1.68. The van der Waals surface area contributed by atoms with Crippen molar-refractivity contribution in [2.45, 2.75) is 31.7 Å². The van der Waals surface area contributed by atoms with Crippen LogP contribution < -0.4 is 10.1 Å². The average molecular weight is 315 g/mol. The van der Waals surface area contributed by atoms with Crippen molar-refractivity contribution in [2.24, 2.45) is 0 Å². The van der Waals surface area contributed by atoms with E-state index in [0.29, 0.717) is 26.1 Å². The van der Waals surface area contributed by atoms with Crippen LogP contribution in [0.4, 0.5) is 0 Å². The van der Waals surface area contributed by atoms with E-state index in [0.717, 1.165) is 18.6 Å². The predicted octanol–water partition coefficient (Wildman–Crippen LogP) is 1.48. The summed E-state index contributed by atoms with van der Waals surface area (Å²) < 4.78 is 5.53. The number of nitrogens with one attached hydrogen (secondary N) is 1. The minimum atomic E-state index is -0.242. The molecule has 0 aliphatic carbocycles. The number of ether oxygens (including phenoxy) is 1. The third-order valence-corrected chi connectivity index (χ3v) is 3.78. The van der Waals surface area contributed by atoms with Crippen molar-refractivity contribution in [3.8, 4) is 11.8 Å². The minimum Gasteiger partial charge on any atom is -0.493 e. The van der Waals surface area contributed by atoms with Gasteiger partial charge in [-0.15, -0.1) is 0 Å². The fourth-order valence-electron chi connectivity index (χ4n) is 2.55. The number of carbonyl (C=O) groups excluding carboxylic acids is 2. The van der Waals surface area contributed by atoms with E-state index in [1.165, 1.54) is 0 Å². The number of hydrogen-bond acceptors (Lipinski definition) is 4. The van der Waals surface area contributed by atoms with Crippen LogP contribution in [0, 0.1) is 11.3 Å². The summed E-state index contributed by atoms with van der Waals surface area (Å²) in [6, 6.07) is 11.3. The lowest BCUT2D eigenvalue weighted by molar-refractivity contribution is -0.132. The first-order valence-corrected chi connectivity index (χ1v) is 7.81. The molecule has 1 heterocycles. The number of amides is 2. The Balaban J connectivity index is 1.65. The molecule has 1 saturated heterocycles. The van der Waals surface area contributed by atoms with Crippen LogP contribution in [0.2, 0.25) is 0 Å². The summed E-state index contributed by atoms with van der Waals surface area (Å²) in [5.74, 6) is 0.593. The number of likely N-dealkylation sites (tertiary alicyclic amines) is 1. The lowest BCUT2D eigenvalue weighted by atomic mass is 10.0. The number of piperidine rings is 1. The Kier molecular flexibility index (Phi) is 6.42. The molecule has 6 nitrogen and oxygen atoms in total. The Morgan fingerprint density at radius 2 is 1.96 bits per heavy atom. The van der Waals surface area contributed by atoms with Crippen molar-refractivity contribution < 1.29 is 14.3 Å². The van der Waals surface area contributed by atoms with Gasteiger partial charge in [-0.2, -0.15) is 5.26 Å². The van der Waals surface area contributed by atoms with Gasteiger partial charge in [0.05, 0.1) is 19.1 Å². The molecule has 1 aliphatic rings. The molecule has 0 bridgehead atoms. The summed E-state index contributed by atoms with van der Waals surface area (Å²) in [6.45, 7) is 1.62. The lowest BCUT2D eigenvalue weighted by Crippen LogP contribution is -2.46. The average Bonchev–Trinajstić information content (AvgIpc) is 2.56. The molecule has 2 amide bonds. The molecule has 0 aromatic heterocycles. The van der Waals surface area contributed by atoms with Gasteiger partial charge in [-0.1, -0.05) is 18.2 Å². The van der Waals surface area contributed by atoms with Crippen LogP contribution >= 0.6 is 0 Å². The van der Waals surface area contributed by atoms with Gasteiger partial charge in [0.1, 0.15) is 12.2 Å². The SMILES string of the molecule is N#CCC(=O)NC1CCN(C(=O)CCOc2ccccc2)CC1. The zero-order valence-corrected chi connectivity index (χ0v) is 13.0. The first kappa shape index (κ1) is 16.8. The molecule has 1 aliphatic heterocycles. The number of para-hydroxylation sites is 1. The van der Waals surface area contributed by atoms with E-state index in [1.807, 2.05) is 36.4 Å². The van der Waals surface area contributed by atoms with Crippen LogP contribution in [0.3, 0.4) is 0 Å². The van der Waals surface area contributed by atoms with Crippen molar-refractivity contribution in [2.75, 3.05) is 19.7 Å². The summed E-state index contributed by atoms with van der Waals surface area (Å²) in [4.78, 5) is 25.3. The van der Waals surface area contributed by atoms with Crippen molar-refractivity contribution in [3.63, 3.8) is 0 Å². The molecule has 1 aromatic carbocycles. The van der Waals surface area contributed by atoms with Crippen molar-refractivity contribution in [1.29, 1.82) is 5.26 Å². The largest absolute Gasteiger partial charge is 0.493 e. The molecule has 122 valence electrons. The highest BCUT2D eigenvalue weighted by atomic mass is 16.5. The fourth-order valence-corrected chi connectivity index (χ4v) is 2.55. The standard InChI is InChI=1S/C17H21N3O3/c18-10-6-16(21)19-14-7-11-20(12-8-14)17(22)9-13-23-15-4-2-1-3-5-15/h1-5,14H,6-9,11-13H2,(H,19,21). The zero-order valence-electron chi connectivity index (χ0n) is 13.0. The predicted molar refractivity (Wildman–Crippen MR) is 84.5 cm³/mol. The molecule has 23 heavy (non-hydrogen) atoms. The molecule has 0 unspecified atom stereocenters. The molecular weight excluding hydrogens is 294 g/mol. The summed E-state index contributed by atoms with van der Waals surface area (Å²) in [5.41, 5.74) is 0. The van der Waals surface area contributed by atoms with Gasteiger partial charge >= 0.3 is 0 Å². The van der Waals surface area contributed by atoms with E-state index in [-0.39, 0.29) is 24.3 Å². The van der Waals surface area contributed by atoms with Crippen molar-refractivity contribution in [3.05, 3.63) is 30.3 Å². The third kappa shape index (κ3) is 5.62. The minimum absolute atomic E-state index is 0.0560. The lowest BCUT2D eigenvalue weighted by Gasteiger charge is -2.32. The Labute approximate surface area is 136 Å². The van der Waals surface area contributed by atoms with Gasteiger partial charge in [-0.3, -0.25) is 9.59 Å². The zero-order chi connectivity index (χ0) is 16.5. The second-order valence-corrected chi connectivity index (χ2v) is 5.47. The monoisotopic (exact) mass is 315 g/mol. The highest BCUT2D eigenvalue weighted by Gasteiger charge is 2.23. The van der Waals surface area contributed by atoms with Gasteiger partial charge < -0.3 is 15.0 Å². The van der Waals surface area contributed by atoms with Gasteiger partial charge in [-0.05, 0) is 25.0 Å². The fraction of sp³-hybridized carbons (Fsp3) is 0.471. The van der Waals surface area contributed by atoms with Crippen LogP contribution in [0.5, 0.6) is 5.75 Å². The van der Waals surface area contributed by atoms with E-state index in [1.54, 1.807) is 4.90 Å². The van der Waals surface area contributed by atoms with Gasteiger partial charge in [0.25, 0.3) is 0 Å². The highest BCUT2D eigenvalue weighted by molar-refractivity contribution is 5.78. The van der Waals surface area contributed by atoms with Crippen LogP contribution in [0.25, 0.3) is 0 Å². The van der Waals surface area contributed by atoms with Crippen molar-refractivity contribution in [1.82, 2.24) is 10.2 Å². The second kappa shape index (κ2) is 8.79. The van der Waals surface area contributed by atoms with Gasteiger partial charge in [0.15, 0.2) is 0 Å². The molecule has 0 spiro atoms. The van der Waals surface area contributed by atoms with E-state index in [4.69, 9.17) is 10.00 Å². The third-order valence-electron chi connectivity index (χ3n) is 3.78. The Morgan fingerprint density at radius 1 is 1.26 bits per heavy atom. The molecule has 1 N–H and O–H groups in total. The molecule has 1 aromatic rings. The number of rotatable bonds is 6. The Bertz CT molecular complexity index is 560. The van der Waals surface area contributed by atoms with E-state index in [9.17, 15) is 9.59 Å². The van der Waals surface area contributed by atoms with E-state index >= 15 is 0 Å². The number of hydrogen-bond donors (Lipinski definition) is 1. The van der Waals surface area contributed by atoms with Gasteiger partial charge in [0.2, 0.25) is 11.8 Å². The Morgan fingerprint density at radius 3 is 2.61 bits per heavy atom. The molecule has 6 heteroatoms. The second-order valence-electron chi connectivity index (χ2n) is 5.47. The molecule has 1 fully saturated rings. The summed E-state index contributed by atoms with van der Waals surface area (Å²) >= 11 is 0. The maximum Gasteiger partial charge on any atom is 0.234 e. The molecule has 0 saturated carbocycles.